The van der Waals surface area contributed by atoms with Crippen molar-refractivity contribution in [2.24, 2.45) is 5.92 Å². The number of hydrogen-bond donors (Lipinski definition) is 0. The SMILES string of the molecule is O=CC1=C(Cl)C(C=O)CC(c2ccccc2)C1. The summed E-state index contributed by atoms with van der Waals surface area (Å²) in [6.45, 7) is 0. The molecule has 2 nitrogen and oxygen atoms in total. The van der Waals surface area contributed by atoms with Gasteiger partial charge in [0.2, 0.25) is 0 Å². The van der Waals surface area contributed by atoms with Crippen molar-refractivity contribution in [1.29, 1.82) is 0 Å². The number of carbonyl (C=O) groups is 2. The zero-order chi connectivity index (χ0) is 12.3. The third-order valence-corrected chi connectivity index (χ3v) is 3.74. The zero-order valence-electron chi connectivity index (χ0n) is 9.30. The van der Waals surface area contributed by atoms with E-state index < -0.39 is 0 Å². The van der Waals surface area contributed by atoms with Crippen molar-refractivity contribution < 1.29 is 9.59 Å². The molecule has 0 saturated heterocycles. The van der Waals surface area contributed by atoms with Gasteiger partial charge in [-0.25, -0.2) is 0 Å². The van der Waals surface area contributed by atoms with Crippen LogP contribution in [-0.2, 0) is 9.59 Å². The Labute approximate surface area is 105 Å². The van der Waals surface area contributed by atoms with Crippen LogP contribution in [0.25, 0.3) is 0 Å². The first kappa shape index (κ1) is 12.1. The lowest BCUT2D eigenvalue weighted by Crippen LogP contribution is -2.18. The average Bonchev–Trinajstić information content (AvgIpc) is 2.40. The predicted molar refractivity (Wildman–Crippen MR) is 66.9 cm³/mol. The normalized spacial score (nSPS) is 24.5. The molecular formula is C14H13ClO2. The van der Waals surface area contributed by atoms with Crippen molar-refractivity contribution in [2.45, 2.75) is 18.8 Å². The molecule has 0 radical (unpaired) electrons. The number of carbonyl (C=O) groups excluding carboxylic acids is 2. The molecular weight excluding hydrogens is 236 g/mol. The quantitative estimate of drug-likeness (QED) is 0.771. The standard InChI is InChI=1S/C14H13ClO2/c15-14-12(8-16)6-11(7-13(14)9-17)10-4-2-1-3-5-10/h1-5,8-9,11-12H,6-7H2. The fourth-order valence-corrected chi connectivity index (χ4v) is 2.56. The van der Waals surface area contributed by atoms with Gasteiger partial charge in [0.1, 0.15) is 12.6 Å². The van der Waals surface area contributed by atoms with Crippen LogP contribution in [0.2, 0.25) is 0 Å². The van der Waals surface area contributed by atoms with Gasteiger partial charge in [-0.1, -0.05) is 41.9 Å². The molecule has 3 heteroatoms. The lowest BCUT2D eigenvalue weighted by Gasteiger charge is -2.26. The molecule has 0 amide bonds. The van der Waals surface area contributed by atoms with Crippen LogP contribution >= 0.6 is 11.6 Å². The Balaban J connectivity index is 2.30. The van der Waals surface area contributed by atoms with Crippen LogP contribution in [-0.4, -0.2) is 12.6 Å². The highest BCUT2D eigenvalue weighted by Crippen LogP contribution is 2.39. The lowest BCUT2D eigenvalue weighted by molar-refractivity contribution is -0.110. The molecule has 0 aliphatic heterocycles. The molecule has 0 aromatic heterocycles. The van der Waals surface area contributed by atoms with Gasteiger partial charge in [0.25, 0.3) is 0 Å². The van der Waals surface area contributed by atoms with Gasteiger partial charge in [0, 0.05) is 10.6 Å². The summed E-state index contributed by atoms with van der Waals surface area (Å²) in [5.74, 6) is -0.134. The largest absolute Gasteiger partial charge is 0.303 e. The second-order valence-corrected chi connectivity index (χ2v) is 4.69. The summed E-state index contributed by atoms with van der Waals surface area (Å²) < 4.78 is 0. The van der Waals surface area contributed by atoms with Crippen molar-refractivity contribution in [3.63, 3.8) is 0 Å². The van der Waals surface area contributed by atoms with Crippen LogP contribution in [0.5, 0.6) is 0 Å². The van der Waals surface area contributed by atoms with E-state index in [-0.39, 0.29) is 11.8 Å². The Kier molecular flexibility index (Phi) is 3.75. The maximum Gasteiger partial charge on any atom is 0.147 e. The molecule has 0 spiro atoms. The minimum absolute atomic E-state index is 0.203. The van der Waals surface area contributed by atoms with Crippen molar-refractivity contribution in [1.82, 2.24) is 0 Å². The Bertz CT molecular complexity index is 451. The van der Waals surface area contributed by atoms with Gasteiger partial charge in [-0.2, -0.15) is 0 Å². The van der Waals surface area contributed by atoms with Crippen molar-refractivity contribution in [2.75, 3.05) is 0 Å². The van der Waals surface area contributed by atoms with Gasteiger partial charge in [0.15, 0.2) is 0 Å². The minimum Gasteiger partial charge on any atom is -0.303 e. The van der Waals surface area contributed by atoms with Gasteiger partial charge < -0.3 is 4.79 Å². The summed E-state index contributed by atoms with van der Waals surface area (Å²) in [5, 5.41) is 0.419. The number of hydrogen-bond acceptors (Lipinski definition) is 2. The van der Waals surface area contributed by atoms with E-state index in [4.69, 9.17) is 11.6 Å². The highest BCUT2D eigenvalue weighted by molar-refractivity contribution is 6.32. The van der Waals surface area contributed by atoms with Crippen molar-refractivity contribution in [3.8, 4) is 0 Å². The molecule has 0 fully saturated rings. The van der Waals surface area contributed by atoms with E-state index in [2.05, 4.69) is 0 Å². The van der Waals surface area contributed by atoms with E-state index >= 15 is 0 Å². The van der Waals surface area contributed by atoms with Gasteiger partial charge in [-0.05, 0) is 24.3 Å². The Hall–Kier alpha value is -1.41. The average molecular weight is 249 g/mol. The highest BCUT2D eigenvalue weighted by Gasteiger charge is 2.28. The zero-order valence-corrected chi connectivity index (χ0v) is 10.1. The summed E-state index contributed by atoms with van der Waals surface area (Å²) in [6, 6.07) is 9.92. The van der Waals surface area contributed by atoms with Crippen LogP contribution in [0.4, 0.5) is 0 Å². The minimum atomic E-state index is -0.337. The molecule has 2 unspecified atom stereocenters. The first-order valence-electron chi connectivity index (χ1n) is 5.60. The van der Waals surface area contributed by atoms with Crippen molar-refractivity contribution in [3.05, 3.63) is 46.5 Å². The summed E-state index contributed by atoms with van der Waals surface area (Å²) in [6.07, 6.45) is 2.91. The number of aldehydes is 2. The number of benzene rings is 1. The smallest absolute Gasteiger partial charge is 0.147 e. The molecule has 2 atom stereocenters. The molecule has 2 rings (SSSR count). The second-order valence-electron chi connectivity index (χ2n) is 4.28. The van der Waals surface area contributed by atoms with Gasteiger partial charge in [0.05, 0.1) is 5.92 Å². The summed E-state index contributed by atoms with van der Waals surface area (Å²) in [7, 11) is 0. The van der Waals surface area contributed by atoms with Crippen molar-refractivity contribution >= 4 is 24.2 Å². The maximum atomic E-state index is 11.0. The van der Waals surface area contributed by atoms with E-state index in [9.17, 15) is 9.59 Å². The first-order valence-corrected chi connectivity index (χ1v) is 5.98. The van der Waals surface area contributed by atoms with E-state index in [1.54, 1.807) is 0 Å². The highest BCUT2D eigenvalue weighted by atomic mass is 35.5. The lowest BCUT2D eigenvalue weighted by atomic mass is 9.79. The monoisotopic (exact) mass is 248 g/mol. The van der Waals surface area contributed by atoms with E-state index in [1.165, 1.54) is 0 Å². The van der Waals surface area contributed by atoms with Crippen LogP contribution in [0, 0.1) is 5.92 Å². The van der Waals surface area contributed by atoms with E-state index in [1.807, 2.05) is 30.3 Å². The third-order valence-electron chi connectivity index (χ3n) is 3.21. The van der Waals surface area contributed by atoms with E-state index in [0.29, 0.717) is 23.4 Å². The summed E-state index contributed by atoms with van der Waals surface area (Å²) >= 11 is 6.02. The fraction of sp³-hybridized carbons (Fsp3) is 0.286. The Morgan fingerprint density at radius 2 is 1.88 bits per heavy atom. The molecule has 0 N–H and O–H groups in total. The predicted octanol–water partition coefficient (Wildman–Crippen LogP) is 3.07. The summed E-state index contributed by atoms with van der Waals surface area (Å²) in [5.41, 5.74) is 1.71. The third kappa shape index (κ3) is 2.47. The molecule has 17 heavy (non-hydrogen) atoms. The topological polar surface area (TPSA) is 34.1 Å². The molecule has 0 saturated carbocycles. The molecule has 0 bridgehead atoms. The first-order chi connectivity index (χ1) is 8.26. The van der Waals surface area contributed by atoms with Crippen LogP contribution in [0.15, 0.2) is 40.9 Å². The van der Waals surface area contributed by atoms with Crippen LogP contribution < -0.4 is 0 Å². The molecule has 88 valence electrons. The number of halogens is 1. The molecule has 1 aliphatic rings. The number of allylic oxidation sites excluding steroid dienone is 2. The maximum absolute atomic E-state index is 11.0. The Morgan fingerprint density at radius 1 is 1.18 bits per heavy atom. The van der Waals surface area contributed by atoms with Crippen LogP contribution in [0.3, 0.4) is 0 Å². The van der Waals surface area contributed by atoms with E-state index in [0.717, 1.165) is 18.1 Å². The van der Waals surface area contributed by atoms with Gasteiger partial charge in [-0.3, -0.25) is 4.79 Å². The number of rotatable bonds is 3. The van der Waals surface area contributed by atoms with Crippen LogP contribution in [0.1, 0.15) is 24.3 Å². The van der Waals surface area contributed by atoms with Gasteiger partial charge in [-0.15, -0.1) is 0 Å². The fourth-order valence-electron chi connectivity index (χ4n) is 2.29. The second kappa shape index (κ2) is 5.28. The van der Waals surface area contributed by atoms with Gasteiger partial charge >= 0.3 is 0 Å². The molecule has 0 heterocycles. The molecule has 1 aromatic carbocycles. The molecule has 1 aromatic rings. The Morgan fingerprint density at radius 3 is 2.47 bits per heavy atom. The molecule has 1 aliphatic carbocycles. The summed E-state index contributed by atoms with van der Waals surface area (Å²) in [4.78, 5) is 21.9.